The van der Waals surface area contributed by atoms with Gasteiger partial charge in [-0.2, -0.15) is 0 Å². The number of carbonyl (C=O) groups is 2. The molecule has 1 aliphatic rings. The summed E-state index contributed by atoms with van der Waals surface area (Å²) in [5.41, 5.74) is 3.02. The fourth-order valence-corrected chi connectivity index (χ4v) is 3.73. The highest BCUT2D eigenvalue weighted by molar-refractivity contribution is 6.55. The molecule has 0 unspecified atom stereocenters. The Morgan fingerprint density at radius 1 is 1.37 bits per heavy atom. The van der Waals surface area contributed by atoms with Gasteiger partial charge in [-0.15, -0.1) is 0 Å². The molecule has 1 atom stereocenters. The van der Waals surface area contributed by atoms with Gasteiger partial charge in [0.05, 0.1) is 35.1 Å². The van der Waals surface area contributed by atoms with Crippen LogP contribution in [0, 0.1) is 0 Å². The third-order valence-electron chi connectivity index (χ3n) is 5.13. The number of aliphatic hydroxyl groups is 1. The molecule has 150 valence electrons. The zero-order chi connectivity index (χ0) is 21.4. The van der Waals surface area contributed by atoms with E-state index in [9.17, 15) is 19.5 Å². The van der Waals surface area contributed by atoms with Gasteiger partial charge in [0.1, 0.15) is 12.4 Å². The van der Waals surface area contributed by atoms with Crippen LogP contribution in [0.5, 0.6) is 5.75 Å². The number of nitrogens with zero attached hydrogens (tertiary/aromatic N) is 2. The maximum absolute atomic E-state index is 13.1. The fourth-order valence-electron chi connectivity index (χ4n) is 3.73. The maximum atomic E-state index is 13.1. The Morgan fingerprint density at radius 2 is 2.17 bits per heavy atom. The Hall–Kier alpha value is -3.46. The van der Waals surface area contributed by atoms with Crippen molar-refractivity contribution in [3.05, 3.63) is 57.4 Å². The summed E-state index contributed by atoms with van der Waals surface area (Å²) in [6.07, 6.45) is -0.468. The molecule has 1 aliphatic heterocycles. The summed E-state index contributed by atoms with van der Waals surface area (Å²) in [7, 11) is 5.06. The van der Waals surface area contributed by atoms with Crippen LogP contribution in [0.4, 0.5) is 4.79 Å². The Labute approximate surface area is 172 Å². The quantitative estimate of drug-likeness (QED) is 0.388. The third-order valence-corrected chi connectivity index (χ3v) is 5.13. The van der Waals surface area contributed by atoms with Crippen LogP contribution >= 0.6 is 0 Å². The van der Waals surface area contributed by atoms with E-state index in [2.05, 4.69) is 4.98 Å². The average Bonchev–Trinajstić information content (AvgIpc) is 3.08. The highest BCUT2D eigenvalue weighted by Gasteiger charge is 2.27. The lowest BCUT2D eigenvalue weighted by Gasteiger charge is -2.16. The summed E-state index contributed by atoms with van der Waals surface area (Å²) < 4.78 is 11.3. The largest absolute Gasteiger partial charge is 0.463 e. The van der Waals surface area contributed by atoms with Crippen LogP contribution < -0.4 is 10.3 Å². The number of aliphatic hydroxyl groups excluding tert-OH is 1. The summed E-state index contributed by atoms with van der Waals surface area (Å²) >= 11 is 0. The van der Waals surface area contributed by atoms with Gasteiger partial charge in [-0.25, -0.2) is 4.98 Å². The van der Waals surface area contributed by atoms with E-state index in [1.54, 1.807) is 35.8 Å². The van der Waals surface area contributed by atoms with Gasteiger partial charge in [0, 0.05) is 10.9 Å². The number of hydrogen-bond donors (Lipinski definition) is 1. The molecule has 3 aromatic rings. The van der Waals surface area contributed by atoms with E-state index < -0.39 is 12.0 Å². The summed E-state index contributed by atoms with van der Waals surface area (Å²) in [6, 6.07) is 8.53. The van der Waals surface area contributed by atoms with E-state index in [4.69, 9.17) is 17.3 Å². The van der Waals surface area contributed by atoms with Crippen molar-refractivity contribution in [2.45, 2.75) is 32.6 Å². The standard InChI is InChI=1S/C21H17BN2O6/c1-2-18(26)14-7-17-19-12(8-24(17)20(27)15(14)9-29-10-25)5-11-6-13(30-21(22)28)3-4-16(11)23-19/h3-7,10,18,26H,2,8-9H2,1H3/t18-/m0/s1. The number of hydrogen-bond acceptors (Lipinski definition) is 7. The van der Waals surface area contributed by atoms with E-state index in [0.717, 1.165) is 10.9 Å². The van der Waals surface area contributed by atoms with E-state index in [1.807, 2.05) is 6.07 Å². The molecule has 0 saturated carbocycles. The molecule has 3 heterocycles. The molecule has 0 fully saturated rings. The normalized spacial score (nSPS) is 12.9. The molecular formula is C21H17BN2O6. The van der Waals surface area contributed by atoms with Gasteiger partial charge in [-0.3, -0.25) is 14.4 Å². The lowest BCUT2D eigenvalue weighted by Crippen LogP contribution is -2.26. The minimum absolute atomic E-state index is 0.214. The van der Waals surface area contributed by atoms with Crippen molar-refractivity contribution in [3.8, 4) is 17.1 Å². The number of ether oxygens (including phenoxy) is 2. The minimum atomic E-state index is -0.908. The molecule has 0 saturated heterocycles. The molecule has 1 N–H and O–H groups in total. The van der Waals surface area contributed by atoms with Gasteiger partial charge in [-0.05, 0) is 42.3 Å². The van der Waals surface area contributed by atoms with Crippen LogP contribution in [-0.2, 0) is 22.7 Å². The second-order valence-electron chi connectivity index (χ2n) is 6.96. The van der Waals surface area contributed by atoms with Crippen LogP contribution in [-0.4, -0.2) is 34.8 Å². The minimum Gasteiger partial charge on any atom is -0.463 e. The Kier molecular flexibility index (Phi) is 5.13. The lowest BCUT2D eigenvalue weighted by molar-refractivity contribution is -0.129. The van der Waals surface area contributed by atoms with Gasteiger partial charge >= 0.3 is 0 Å². The lowest BCUT2D eigenvalue weighted by atomic mass is 10.0. The van der Waals surface area contributed by atoms with Gasteiger partial charge in [0.25, 0.3) is 12.0 Å². The smallest absolute Gasteiger partial charge is 0.293 e. The number of pyridine rings is 2. The van der Waals surface area contributed by atoms with Crippen LogP contribution in [0.25, 0.3) is 22.3 Å². The number of fused-ring (bicyclic) bond motifs is 4. The predicted octanol–water partition coefficient (Wildman–Crippen LogP) is 2.21. The average molecular weight is 404 g/mol. The van der Waals surface area contributed by atoms with E-state index in [-0.39, 0.29) is 30.7 Å². The molecule has 0 aliphatic carbocycles. The predicted molar refractivity (Wildman–Crippen MR) is 108 cm³/mol. The molecule has 0 spiro atoms. The first kappa shape index (κ1) is 19.8. The molecule has 0 amide bonds. The first-order valence-electron chi connectivity index (χ1n) is 9.34. The monoisotopic (exact) mass is 404 g/mol. The Balaban J connectivity index is 1.86. The second-order valence-corrected chi connectivity index (χ2v) is 6.96. The molecule has 2 aromatic heterocycles. The Morgan fingerprint density at radius 3 is 2.87 bits per heavy atom. The van der Waals surface area contributed by atoms with Crippen molar-refractivity contribution in [2.24, 2.45) is 0 Å². The number of benzene rings is 1. The van der Waals surface area contributed by atoms with E-state index in [1.165, 1.54) is 0 Å². The van der Waals surface area contributed by atoms with E-state index in [0.29, 0.717) is 34.6 Å². The highest BCUT2D eigenvalue weighted by atomic mass is 16.5. The summed E-state index contributed by atoms with van der Waals surface area (Å²) in [6.45, 7) is 2.14. The zero-order valence-corrected chi connectivity index (χ0v) is 16.1. The number of aromatic nitrogens is 2. The third kappa shape index (κ3) is 3.37. The molecule has 2 radical (unpaired) electrons. The molecular weight excluding hydrogens is 387 g/mol. The van der Waals surface area contributed by atoms with Crippen molar-refractivity contribution >= 4 is 31.1 Å². The van der Waals surface area contributed by atoms with Gasteiger partial charge < -0.3 is 19.1 Å². The van der Waals surface area contributed by atoms with E-state index >= 15 is 0 Å². The van der Waals surface area contributed by atoms with Crippen LogP contribution in [0.1, 0.15) is 36.1 Å². The number of carbonyl (C=O) groups excluding carboxylic acids is 2. The first-order valence-corrected chi connectivity index (χ1v) is 9.34. The second kappa shape index (κ2) is 7.76. The van der Waals surface area contributed by atoms with Crippen LogP contribution in [0.2, 0.25) is 0 Å². The first-order chi connectivity index (χ1) is 14.4. The van der Waals surface area contributed by atoms with Crippen molar-refractivity contribution < 1.29 is 24.2 Å². The summed E-state index contributed by atoms with van der Waals surface area (Å²) in [5.74, 6) is -0.611. The van der Waals surface area contributed by atoms with Gasteiger partial charge in [0.15, 0.2) is 0 Å². The SMILES string of the molecule is [B]C(=O)Oc1ccc2nc3c(cc2c1)Cn1c-3cc([C@@H](O)CC)c(COC=O)c1=O. The van der Waals surface area contributed by atoms with Crippen molar-refractivity contribution in [1.29, 1.82) is 0 Å². The summed E-state index contributed by atoms with van der Waals surface area (Å²) in [5, 5.41) is 11.2. The van der Waals surface area contributed by atoms with Crippen molar-refractivity contribution in [3.63, 3.8) is 0 Å². The van der Waals surface area contributed by atoms with Gasteiger partial charge in [-0.1, -0.05) is 6.92 Å². The van der Waals surface area contributed by atoms with Crippen molar-refractivity contribution in [1.82, 2.24) is 9.55 Å². The molecule has 1 aromatic carbocycles. The maximum Gasteiger partial charge on any atom is 0.293 e. The summed E-state index contributed by atoms with van der Waals surface area (Å²) in [4.78, 5) is 39.4. The topological polar surface area (TPSA) is 108 Å². The fraction of sp³-hybridized carbons (Fsp3) is 0.238. The highest BCUT2D eigenvalue weighted by Crippen LogP contribution is 2.35. The molecule has 30 heavy (non-hydrogen) atoms. The Bertz CT molecular complexity index is 1240. The molecule has 0 bridgehead atoms. The molecule has 8 nitrogen and oxygen atoms in total. The van der Waals surface area contributed by atoms with Crippen LogP contribution in [0.15, 0.2) is 35.1 Å². The number of rotatable bonds is 6. The van der Waals surface area contributed by atoms with Crippen LogP contribution in [0.3, 0.4) is 0 Å². The van der Waals surface area contributed by atoms with Gasteiger partial charge in [0.2, 0.25) is 13.7 Å². The molecule has 9 heteroatoms. The van der Waals surface area contributed by atoms with Crippen molar-refractivity contribution in [2.75, 3.05) is 0 Å². The zero-order valence-electron chi connectivity index (χ0n) is 16.1. The molecule has 4 rings (SSSR count).